The zero-order valence-electron chi connectivity index (χ0n) is 10.7. The quantitative estimate of drug-likeness (QED) is 0.803. The molecule has 2 N–H and O–H groups in total. The van der Waals surface area contributed by atoms with Crippen LogP contribution >= 0.6 is 23.5 Å². The van der Waals surface area contributed by atoms with Crippen LogP contribution in [-0.2, 0) is 4.79 Å². The van der Waals surface area contributed by atoms with Crippen molar-refractivity contribution in [1.82, 2.24) is 14.8 Å². The number of aromatic amines is 1. The summed E-state index contributed by atoms with van der Waals surface area (Å²) in [7, 11) is 0. The number of rotatable bonds is 5. The van der Waals surface area contributed by atoms with Crippen LogP contribution in [0.15, 0.2) is 9.95 Å². The van der Waals surface area contributed by atoms with Gasteiger partial charge >= 0.3 is 11.7 Å². The number of nitrogens with one attached hydrogen (secondary N) is 1. The maximum absolute atomic E-state index is 11.9. The molecule has 0 saturated heterocycles. The molecule has 1 fully saturated rings. The van der Waals surface area contributed by atoms with Crippen LogP contribution in [0.2, 0.25) is 0 Å². The number of aliphatic carboxylic acids is 1. The molecule has 1 aromatic rings. The number of carbonyl (C=O) groups is 1. The van der Waals surface area contributed by atoms with E-state index < -0.39 is 5.97 Å². The van der Waals surface area contributed by atoms with Crippen LogP contribution in [0, 0.1) is 0 Å². The first-order valence-electron chi connectivity index (χ1n) is 6.17. The lowest BCUT2D eigenvalue weighted by atomic mass is 9.95. The lowest BCUT2D eigenvalue weighted by Crippen LogP contribution is -2.32. The third-order valence-corrected chi connectivity index (χ3v) is 5.39. The third-order valence-electron chi connectivity index (χ3n) is 3.30. The predicted octanol–water partition coefficient (Wildman–Crippen LogP) is 1.59. The van der Waals surface area contributed by atoms with Crippen molar-refractivity contribution < 1.29 is 9.90 Å². The van der Waals surface area contributed by atoms with Crippen LogP contribution in [0.5, 0.6) is 0 Å². The Morgan fingerprint density at radius 2 is 2.26 bits per heavy atom. The molecular weight excluding hydrogens is 286 g/mol. The summed E-state index contributed by atoms with van der Waals surface area (Å²) in [6.07, 6.45) is 6.38. The van der Waals surface area contributed by atoms with Gasteiger partial charge < -0.3 is 5.11 Å². The summed E-state index contributed by atoms with van der Waals surface area (Å²) in [6.45, 7) is 0. The number of carboxylic acid groups (broad SMARTS) is 1. The molecule has 0 bridgehead atoms. The molecule has 2 atom stereocenters. The topological polar surface area (TPSA) is 88.0 Å². The van der Waals surface area contributed by atoms with E-state index >= 15 is 0 Å². The molecule has 1 heterocycles. The third kappa shape index (κ3) is 3.36. The molecule has 0 radical (unpaired) electrons. The fourth-order valence-electron chi connectivity index (χ4n) is 2.46. The van der Waals surface area contributed by atoms with Gasteiger partial charge in [-0.1, -0.05) is 24.6 Å². The highest BCUT2D eigenvalue weighted by atomic mass is 32.2. The molecule has 2 unspecified atom stereocenters. The van der Waals surface area contributed by atoms with Gasteiger partial charge in [0.25, 0.3) is 0 Å². The fraction of sp³-hybridized carbons (Fsp3) is 0.727. The van der Waals surface area contributed by atoms with Gasteiger partial charge in [-0.3, -0.25) is 9.36 Å². The van der Waals surface area contributed by atoms with Crippen molar-refractivity contribution in [2.75, 3.05) is 12.0 Å². The second kappa shape index (κ2) is 6.51. The Labute approximate surface area is 119 Å². The van der Waals surface area contributed by atoms with E-state index in [-0.39, 0.29) is 17.5 Å². The Balaban J connectivity index is 2.24. The van der Waals surface area contributed by atoms with Crippen molar-refractivity contribution in [2.45, 2.75) is 42.1 Å². The largest absolute Gasteiger partial charge is 0.481 e. The summed E-state index contributed by atoms with van der Waals surface area (Å²) in [4.78, 5) is 22.6. The average Bonchev–Trinajstić information content (AvgIpc) is 2.77. The summed E-state index contributed by atoms with van der Waals surface area (Å²) < 4.78 is 1.65. The molecule has 0 amide bonds. The van der Waals surface area contributed by atoms with E-state index in [1.54, 1.807) is 16.3 Å². The van der Waals surface area contributed by atoms with Gasteiger partial charge in [-0.05, 0) is 19.1 Å². The van der Waals surface area contributed by atoms with Crippen molar-refractivity contribution in [3.63, 3.8) is 0 Å². The summed E-state index contributed by atoms with van der Waals surface area (Å²) in [5.74, 6) is -0.988. The van der Waals surface area contributed by atoms with Gasteiger partial charge in [0.05, 0.1) is 11.8 Å². The molecule has 8 heteroatoms. The summed E-state index contributed by atoms with van der Waals surface area (Å²) in [5.41, 5.74) is -0.237. The summed E-state index contributed by atoms with van der Waals surface area (Å²) >= 11 is 2.86. The number of hydrogen-bond acceptors (Lipinski definition) is 5. The van der Waals surface area contributed by atoms with Crippen molar-refractivity contribution >= 4 is 29.5 Å². The van der Waals surface area contributed by atoms with Crippen LogP contribution in [0.4, 0.5) is 0 Å². The lowest BCUT2D eigenvalue weighted by Gasteiger charge is -2.31. The first kappa shape index (κ1) is 14.5. The Hall–Kier alpha value is -0.890. The molecule has 1 saturated carbocycles. The molecule has 106 valence electrons. The Kier molecular flexibility index (Phi) is 4.98. The minimum atomic E-state index is -0.906. The van der Waals surface area contributed by atoms with Crippen molar-refractivity contribution in [2.24, 2.45) is 0 Å². The Morgan fingerprint density at radius 3 is 2.95 bits per heavy atom. The van der Waals surface area contributed by atoms with Gasteiger partial charge in [0.1, 0.15) is 0 Å². The number of thioether (sulfide) groups is 2. The number of carboxylic acids is 1. The van der Waals surface area contributed by atoms with Gasteiger partial charge in [-0.25, -0.2) is 9.89 Å². The highest BCUT2D eigenvalue weighted by Crippen LogP contribution is 2.36. The lowest BCUT2D eigenvalue weighted by molar-refractivity contribution is -0.133. The normalized spacial score (nSPS) is 23.4. The van der Waals surface area contributed by atoms with E-state index in [4.69, 9.17) is 5.11 Å². The molecule has 1 aliphatic rings. The second-order valence-corrected chi connectivity index (χ2v) is 6.51. The Morgan fingerprint density at radius 1 is 1.53 bits per heavy atom. The van der Waals surface area contributed by atoms with Crippen molar-refractivity contribution in [1.29, 1.82) is 0 Å². The predicted molar refractivity (Wildman–Crippen MR) is 76.0 cm³/mol. The van der Waals surface area contributed by atoms with Crippen LogP contribution in [0.1, 0.15) is 31.7 Å². The first-order valence-corrected chi connectivity index (χ1v) is 8.45. The smallest absolute Gasteiger partial charge is 0.344 e. The van der Waals surface area contributed by atoms with E-state index in [0.29, 0.717) is 10.4 Å². The minimum Gasteiger partial charge on any atom is -0.481 e. The monoisotopic (exact) mass is 303 g/mol. The molecule has 6 nitrogen and oxygen atoms in total. The van der Waals surface area contributed by atoms with Gasteiger partial charge in [0.15, 0.2) is 5.16 Å². The minimum absolute atomic E-state index is 0.0824. The van der Waals surface area contributed by atoms with Gasteiger partial charge in [0, 0.05) is 5.25 Å². The Bertz CT molecular complexity index is 500. The van der Waals surface area contributed by atoms with Gasteiger partial charge in [-0.2, -0.15) is 11.8 Å². The van der Waals surface area contributed by atoms with E-state index in [1.165, 1.54) is 6.42 Å². The zero-order valence-corrected chi connectivity index (χ0v) is 12.3. The number of nitrogens with zero attached hydrogens (tertiary/aromatic N) is 2. The van der Waals surface area contributed by atoms with E-state index in [1.807, 2.05) is 0 Å². The number of H-pyrrole nitrogens is 1. The molecule has 1 aromatic heterocycles. The SMILES string of the molecule is CSC1CCCCC1n1c(SCC(=O)O)n[nH]c1=O. The van der Waals surface area contributed by atoms with Crippen LogP contribution in [-0.4, -0.2) is 43.1 Å². The molecule has 0 spiro atoms. The fourth-order valence-corrected chi connectivity index (χ4v) is 4.15. The molecule has 2 rings (SSSR count). The zero-order chi connectivity index (χ0) is 13.8. The maximum atomic E-state index is 11.9. The van der Waals surface area contributed by atoms with Gasteiger partial charge in [0.2, 0.25) is 0 Å². The van der Waals surface area contributed by atoms with E-state index in [9.17, 15) is 9.59 Å². The molecule has 1 aliphatic carbocycles. The van der Waals surface area contributed by atoms with E-state index in [0.717, 1.165) is 31.0 Å². The van der Waals surface area contributed by atoms with Crippen LogP contribution < -0.4 is 5.69 Å². The number of aromatic nitrogens is 3. The van der Waals surface area contributed by atoms with E-state index in [2.05, 4.69) is 16.5 Å². The molecular formula is C11H17N3O3S2. The number of hydrogen-bond donors (Lipinski definition) is 2. The highest BCUT2D eigenvalue weighted by molar-refractivity contribution is 7.99. The van der Waals surface area contributed by atoms with Crippen LogP contribution in [0.3, 0.4) is 0 Å². The molecule has 0 aliphatic heterocycles. The standard InChI is InChI=1S/C11H17N3O3S2/c1-18-8-5-3-2-4-7(8)14-10(17)12-13-11(14)19-6-9(15)16/h7-8H,2-6H2,1H3,(H,12,17)(H,15,16). The molecule has 19 heavy (non-hydrogen) atoms. The maximum Gasteiger partial charge on any atom is 0.344 e. The van der Waals surface area contributed by atoms with Gasteiger partial charge in [-0.15, -0.1) is 5.10 Å². The second-order valence-electron chi connectivity index (χ2n) is 4.49. The summed E-state index contributed by atoms with van der Waals surface area (Å²) in [6, 6.07) is 0.117. The van der Waals surface area contributed by atoms with Crippen LogP contribution in [0.25, 0.3) is 0 Å². The first-order chi connectivity index (χ1) is 9.13. The van der Waals surface area contributed by atoms with Crippen molar-refractivity contribution in [3.05, 3.63) is 10.5 Å². The summed E-state index contributed by atoms with van der Waals surface area (Å²) in [5, 5.41) is 16.0. The average molecular weight is 303 g/mol. The van der Waals surface area contributed by atoms with Crippen molar-refractivity contribution in [3.8, 4) is 0 Å². The highest BCUT2D eigenvalue weighted by Gasteiger charge is 2.29. The molecule has 0 aromatic carbocycles.